The van der Waals surface area contributed by atoms with Gasteiger partial charge in [0.1, 0.15) is 18.9 Å². The number of aromatic amines is 1. The zero-order valence-electron chi connectivity index (χ0n) is 18.7. The highest BCUT2D eigenvalue weighted by molar-refractivity contribution is 6.03. The molecule has 0 bridgehead atoms. The summed E-state index contributed by atoms with van der Waals surface area (Å²) in [4.78, 5) is 51.5. The fourth-order valence-electron chi connectivity index (χ4n) is 3.18. The molecule has 0 spiro atoms. The fourth-order valence-corrected chi connectivity index (χ4v) is 3.18. The average Bonchev–Trinajstić information content (AvgIpc) is 3.05. The maximum Gasteiger partial charge on any atom is 0.355 e. The fraction of sp³-hybridized carbons (Fsp3) is 0.364. The van der Waals surface area contributed by atoms with Gasteiger partial charge in [-0.1, -0.05) is 0 Å². The maximum absolute atomic E-state index is 12.4. The smallest absolute Gasteiger partial charge is 0.355 e. The Morgan fingerprint density at radius 1 is 1.06 bits per heavy atom. The standard InChI is InChI=1S/C22H25N3O8/c1-11(2)33-20(27)18-12(3)19(23-13(18)4)21(28)32-10-17(26)25-22(29)24-14-5-6-15-16(9-14)31-8-7-30-15/h5-6,9,11,23H,7-8,10H2,1-4H3,(H2,24,25,26,29). The van der Waals surface area contributed by atoms with Gasteiger partial charge in [0.15, 0.2) is 18.1 Å². The van der Waals surface area contributed by atoms with E-state index in [-0.39, 0.29) is 17.4 Å². The van der Waals surface area contributed by atoms with Crippen molar-refractivity contribution >= 4 is 29.6 Å². The molecule has 3 rings (SSSR count). The molecular weight excluding hydrogens is 434 g/mol. The topological polar surface area (TPSA) is 145 Å². The van der Waals surface area contributed by atoms with Crippen molar-refractivity contribution in [3.05, 3.63) is 40.7 Å². The number of imide groups is 1. The Labute approximate surface area is 189 Å². The van der Waals surface area contributed by atoms with Crippen LogP contribution in [0, 0.1) is 13.8 Å². The molecule has 1 aromatic heterocycles. The first kappa shape index (κ1) is 23.6. The van der Waals surface area contributed by atoms with E-state index in [4.69, 9.17) is 18.9 Å². The number of carbonyl (C=O) groups excluding carboxylic acids is 4. The van der Waals surface area contributed by atoms with Gasteiger partial charge in [-0.3, -0.25) is 10.1 Å². The lowest BCUT2D eigenvalue weighted by Gasteiger charge is -2.19. The molecule has 0 saturated heterocycles. The maximum atomic E-state index is 12.4. The van der Waals surface area contributed by atoms with Crippen LogP contribution in [-0.2, 0) is 14.3 Å². The van der Waals surface area contributed by atoms with Crippen LogP contribution in [-0.4, -0.2) is 54.8 Å². The van der Waals surface area contributed by atoms with E-state index in [1.807, 2.05) is 0 Å². The summed E-state index contributed by atoms with van der Waals surface area (Å²) in [7, 11) is 0. The number of aromatic nitrogens is 1. The van der Waals surface area contributed by atoms with Gasteiger partial charge in [0.25, 0.3) is 5.91 Å². The van der Waals surface area contributed by atoms with Gasteiger partial charge in [-0.15, -0.1) is 0 Å². The summed E-state index contributed by atoms with van der Waals surface area (Å²) in [5, 5.41) is 4.55. The van der Waals surface area contributed by atoms with Crippen LogP contribution in [0.4, 0.5) is 10.5 Å². The first-order valence-corrected chi connectivity index (χ1v) is 10.2. The van der Waals surface area contributed by atoms with Crippen molar-refractivity contribution < 1.29 is 38.1 Å². The summed E-state index contributed by atoms with van der Waals surface area (Å²) >= 11 is 0. The van der Waals surface area contributed by atoms with E-state index in [0.717, 1.165) is 0 Å². The highest BCUT2D eigenvalue weighted by Crippen LogP contribution is 2.32. The highest BCUT2D eigenvalue weighted by atomic mass is 16.6. The van der Waals surface area contributed by atoms with Crippen molar-refractivity contribution in [2.45, 2.75) is 33.8 Å². The molecule has 11 heteroatoms. The normalized spacial score (nSPS) is 12.2. The number of benzene rings is 1. The van der Waals surface area contributed by atoms with Gasteiger partial charge >= 0.3 is 18.0 Å². The van der Waals surface area contributed by atoms with Crippen molar-refractivity contribution in [3.8, 4) is 11.5 Å². The molecule has 176 valence electrons. The number of amides is 3. The predicted octanol–water partition coefficient (Wildman–Crippen LogP) is 2.47. The molecule has 0 saturated carbocycles. The Hall–Kier alpha value is -4.02. The SMILES string of the molecule is Cc1[nH]c(C(=O)OCC(=O)NC(=O)Nc2ccc3c(c2)OCCO3)c(C)c1C(=O)OC(C)C. The Balaban J connectivity index is 1.53. The summed E-state index contributed by atoms with van der Waals surface area (Å²) in [6.45, 7) is 6.76. The quantitative estimate of drug-likeness (QED) is 0.559. The van der Waals surface area contributed by atoms with E-state index in [2.05, 4.69) is 15.6 Å². The van der Waals surface area contributed by atoms with Crippen molar-refractivity contribution in [1.29, 1.82) is 0 Å². The minimum atomic E-state index is -0.846. The lowest BCUT2D eigenvalue weighted by molar-refractivity contribution is -0.123. The third-order valence-electron chi connectivity index (χ3n) is 4.58. The van der Waals surface area contributed by atoms with Crippen LogP contribution >= 0.6 is 0 Å². The zero-order valence-corrected chi connectivity index (χ0v) is 18.7. The molecule has 0 atom stereocenters. The van der Waals surface area contributed by atoms with Gasteiger partial charge in [0.2, 0.25) is 0 Å². The third kappa shape index (κ3) is 5.82. The van der Waals surface area contributed by atoms with Crippen LogP contribution < -0.4 is 20.1 Å². The van der Waals surface area contributed by atoms with Crippen LogP contribution in [0.5, 0.6) is 11.5 Å². The van der Waals surface area contributed by atoms with E-state index in [1.165, 1.54) is 0 Å². The Morgan fingerprint density at radius 2 is 1.76 bits per heavy atom. The molecule has 0 aliphatic carbocycles. The number of hydrogen-bond acceptors (Lipinski definition) is 8. The lowest BCUT2D eigenvalue weighted by Crippen LogP contribution is -2.37. The van der Waals surface area contributed by atoms with Gasteiger partial charge < -0.3 is 29.2 Å². The lowest BCUT2D eigenvalue weighted by atomic mass is 10.1. The van der Waals surface area contributed by atoms with E-state index in [9.17, 15) is 19.2 Å². The number of aryl methyl sites for hydroxylation is 1. The number of urea groups is 1. The molecule has 0 fully saturated rings. The van der Waals surface area contributed by atoms with Gasteiger partial charge in [0.05, 0.1) is 11.7 Å². The van der Waals surface area contributed by atoms with Crippen molar-refractivity contribution in [2.75, 3.05) is 25.1 Å². The molecule has 1 aromatic carbocycles. The van der Waals surface area contributed by atoms with E-state index >= 15 is 0 Å². The molecule has 3 N–H and O–H groups in total. The second-order valence-corrected chi connectivity index (χ2v) is 7.52. The summed E-state index contributed by atoms with van der Waals surface area (Å²) in [5.41, 5.74) is 1.43. The average molecular weight is 459 g/mol. The monoisotopic (exact) mass is 459 g/mol. The van der Waals surface area contributed by atoms with E-state index < -0.39 is 30.5 Å². The van der Waals surface area contributed by atoms with E-state index in [0.29, 0.717) is 41.7 Å². The van der Waals surface area contributed by atoms with Crippen LogP contribution in [0.3, 0.4) is 0 Å². The number of ether oxygens (including phenoxy) is 4. The second kappa shape index (κ2) is 10.1. The molecule has 1 aliphatic heterocycles. The number of nitrogens with one attached hydrogen (secondary N) is 3. The molecule has 33 heavy (non-hydrogen) atoms. The van der Waals surface area contributed by atoms with Gasteiger partial charge in [-0.2, -0.15) is 0 Å². The van der Waals surface area contributed by atoms with E-state index in [1.54, 1.807) is 45.9 Å². The zero-order chi connectivity index (χ0) is 24.1. The number of fused-ring (bicyclic) bond motifs is 1. The molecule has 3 amide bonds. The predicted molar refractivity (Wildman–Crippen MR) is 116 cm³/mol. The summed E-state index contributed by atoms with van der Waals surface area (Å²) in [5.74, 6) is -1.21. The van der Waals surface area contributed by atoms with Gasteiger partial charge in [-0.25, -0.2) is 14.4 Å². The number of carbonyl (C=O) groups is 4. The van der Waals surface area contributed by atoms with Crippen LogP contribution in [0.25, 0.3) is 0 Å². The first-order chi connectivity index (χ1) is 15.7. The molecule has 1 aliphatic rings. The van der Waals surface area contributed by atoms with Gasteiger partial charge in [0, 0.05) is 17.4 Å². The number of hydrogen-bond donors (Lipinski definition) is 3. The molecular formula is C22H25N3O8. The number of rotatable bonds is 6. The van der Waals surface area contributed by atoms with Crippen LogP contribution in [0.2, 0.25) is 0 Å². The Bertz CT molecular complexity index is 1090. The number of H-pyrrole nitrogens is 1. The molecule has 2 heterocycles. The van der Waals surface area contributed by atoms with Crippen LogP contribution in [0.1, 0.15) is 46.0 Å². The molecule has 2 aromatic rings. The third-order valence-corrected chi connectivity index (χ3v) is 4.58. The van der Waals surface area contributed by atoms with Crippen molar-refractivity contribution in [1.82, 2.24) is 10.3 Å². The number of anilines is 1. The Morgan fingerprint density at radius 3 is 2.45 bits per heavy atom. The van der Waals surface area contributed by atoms with Crippen molar-refractivity contribution in [3.63, 3.8) is 0 Å². The summed E-state index contributed by atoms with van der Waals surface area (Å²) in [6.07, 6.45) is -0.321. The summed E-state index contributed by atoms with van der Waals surface area (Å²) < 4.78 is 21.0. The molecule has 11 nitrogen and oxygen atoms in total. The first-order valence-electron chi connectivity index (χ1n) is 10.2. The minimum Gasteiger partial charge on any atom is -0.486 e. The number of esters is 2. The van der Waals surface area contributed by atoms with Gasteiger partial charge in [-0.05, 0) is 45.4 Å². The largest absolute Gasteiger partial charge is 0.486 e. The minimum absolute atomic E-state index is 0.0248. The molecule has 0 unspecified atom stereocenters. The van der Waals surface area contributed by atoms with Crippen LogP contribution in [0.15, 0.2) is 18.2 Å². The summed E-state index contributed by atoms with van der Waals surface area (Å²) in [6, 6.07) is 3.99. The Kier molecular flexibility index (Phi) is 7.21. The highest BCUT2D eigenvalue weighted by Gasteiger charge is 2.25. The van der Waals surface area contributed by atoms with Crippen molar-refractivity contribution in [2.24, 2.45) is 0 Å². The second-order valence-electron chi connectivity index (χ2n) is 7.52. The molecule has 0 radical (unpaired) electrons.